The van der Waals surface area contributed by atoms with Crippen molar-refractivity contribution in [3.05, 3.63) is 35.4 Å². The first-order chi connectivity index (χ1) is 7.13. The van der Waals surface area contributed by atoms with Crippen LogP contribution in [0.4, 0.5) is 0 Å². The van der Waals surface area contributed by atoms with Crippen LogP contribution < -0.4 is 11.1 Å². The summed E-state index contributed by atoms with van der Waals surface area (Å²) in [5.41, 5.74) is 6.42. The molecule has 0 heterocycles. The molecular formula is C10H11ClN2O2. The molecule has 0 aliphatic heterocycles. The van der Waals surface area contributed by atoms with Crippen LogP contribution in [0.3, 0.4) is 0 Å². The molecule has 0 bridgehead atoms. The molecule has 4 nitrogen and oxygen atoms in total. The smallest absolute Gasteiger partial charge is 0.248 e. The molecule has 2 amide bonds. The number of carbonyl (C=O) groups excluding carboxylic acids is 2. The van der Waals surface area contributed by atoms with E-state index in [1.807, 2.05) is 0 Å². The first-order valence-electron chi connectivity index (χ1n) is 4.35. The number of hydrogen-bond acceptors (Lipinski definition) is 2. The maximum Gasteiger partial charge on any atom is 0.248 e. The van der Waals surface area contributed by atoms with E-state index in [2.05, 4.69) is 5.32 Å². The number of rotatable bonds is 4. The quantitative estimate of drug-likeness (QED) is 0.740. The van der Waals surface area contributed by atoms with Gasteiger partial charge >= 0.3 is 0 Å². The van der Waals surface area contributed by atoms with Gasteiger partial charge in [-0.3, -0.25) is 9.59 Å². The number of carbonyl (C=O) groups is 2. The molecule has 0 saturated heterocycles. The fourth-order valence-corrected chi connectivity index (χ4v) is 1.13. The number of benzene rings is 1. The van der Waals surface area contributed by atoms with Gasteiger partial charge in [0.05, 0.1) is 0 Å². The Morgan fingerprint density at radius 2 is 1.87 bits per heavy atom. The third kappa shape index (κ3) is 3.59. The average Bonchev–Trinajstić information content (AvgIpc) is 2.26. The van der Waals surface area contributed by atoms with Gasteiger partial charge in [0, 0.05) is 12.1 Å². The van der Waals surface area contributed by atoms with Crippen molar-refractivity contribution in [1.82, 2.24) is 5.32 Å². The summed E-state index contributed by atoms with van der Waals surface area (Å²) in [6, 6.07) is 6.69. The zero-order valence-electron chi connectivity index (χ0n) is 8.00. The van der Waals surface area contributed by atoms with Crippen LogP contribution in [0.5, 0.6) is 0 Å². The van der Waals surface area contributed by atoms with E-state index in [1.54, 1.807) is 24.3 Å². The van der Waals surface area contributed by atoms with Gasteiger partial charge in [0.2, 0.25) is 11.8 Å². The van der Waals surface area contributed by atoms with Gasteiger partial charge in [0.25, 0.3) is 0 Å². The largest absolute Gasteiger partial charge is 0.366 e. The molecule has 80 valence electrons. The third-order valence-electron chi connectivity index (χ3n) is 1.85. The van der Waals surface area contributed by atoms with E-state index in [9.17, 15) is 9.59 Å². The highest BCUT2D eigenvalue weighted by Crippen LogP contribution is 2.03. The van der Waals surface area contributed by atoms with E-state index >= 15 is 0 Å². The van der Waals surface area contributed by atoms with Gasteiger partial charge in [-0.25, -0.2) is 0 Å². The average molecular weight is 227 g/mol. The normalized spacial score (nSPS) is 9.67. The van der Waals surface area contributed by atoms with Crippen LogP contribution in [0.25, 0.3) is 0 Å². The van der Waals surface area contributed by atoms with Crippen molar-refractivity contribution >= 4 is 23.4 Å². The molecule has 0 saturated carbocycles. The Balaban J connectivity index is 2.57. The molecule has 0 aliphatic carbocycles. The predicted octanol–water partition coefficient (Wildman–Crippen LogP) is 0.640. The molecule has 0 aromatic heterocycles. The van der Waals surface area contributed by atoms with Crippen molar-refractivity contribution < 1.29 is 9.59 Å². The van der Waals surface area contributed by atoms with Gasteiger partial charge < -0.3 is 11.1 Å². The number of amides is 2. The van der Waals surface area contributed by atoms with Gasteiger partial charge in [-0.2, -0.15) is 0 Å². The van der Waals surface area contributed by atoms with Crippen molar-refractivity contribution in [3.8, 4) is 0 Å². The number of primary amides is 1. The van der Waals surface area contributed by atoms with Crippen LogP contribution in [0.1, 0.15) is 15.9 Å². The minimum Gasteiger partial charge on any atom is -0.366 e. The Bertz CT molecular complexity index is 362. The molecule has 0 aliphatic rings. The second-order valence-corrected chi connectivity index (χ2v) is 3.24. The molecule has 15 heavy (non-hydrogen) atoms. The number of nitrogens with two attached hydrogens (primary N) is 1. The number of halogens is 1. The lowest BCUT2D eigenvalue weighted by Gasteiger charge is -2.03. The molecular weight excluding hydrogens is 216 g/mol. The Kier molecular flexibility index (Phi) is 4.12. The molecule has 0 unspecified atom stereocenters. The maximum atomic E-state index is 10.8. The van der Waals surface area contributed by atoms with E-state index in [0.29, 0.717) is 12.1 Å². The summed E-state index contributed by atoms with van der Waals surface area (Å²) < 4.78 is 0. The Morgan fingerprint density at radius 1 is 1.27 bits per heavy atom. The van der Waals surface area contributed by atoms with Gasteiger partial charge in [0.1, 0.15) is 5.88 Å². The molecule has 0 spiro atoms. The van der Waals surface area contributed by atoms with Gasteiger partial charge in [-0.15, -0.1) is 11.6 Å². The number of hydrogen-bond donors (Lipinski definition) is 2. The maximum absolute atomic E-state index is 10.8. The number of nitrogens with one attached hydrogen (secondary N) is 1. The molecule has 1 aromatic carbocycles. The summed E-state index contributed by atoms with van der Waals surface area (Å²) >= 11 is 5.31. The Morgan fingerprint density at radius 3 is 2.33 bits per heavy atom. The molecule has 1 rings (SSSR count). The van der Waals surface area contributed by atoms with Crippen LogP contribution in [0, 0.1) is 0 Å². The molecule has 1 aromatic rings. The van der Waals surface area contributed by atoms with Gasteiger partial charge in [-0.05, 0) is 17.7 Å². The van der Waals surface area contributed by atoms with E-state index in [1.165, 1.54) is 0 Å². The van der Waals surface area contributed by atoms with Gasteiger partial charge in [-0.1, -0.05) is 12.1 Å². The minimum absolute atomic E-state index is 0.0562. The van der Waals surface area contributed by atoms with Crippen LogP contribution >= 0.6 is 11.6 Å². The van der Waals surface area contributed by atoms with Crippen molar-refractivity contribution in [2.45, 2.75) is 6.54 Å². The first-order valence-corrected chi connectivity index (χ1v) is 4.88. The van der Waals surface area contributed by atoms with Crippen molar-refractivity contribution in [2.75, 3.05) is 5.88 Å². The highest BCUT2D eigenvalue weighted by atomic mass is 35.5. The van der Waals surface area contributed by atoms with Crippen molar-refractivity contribution in [3.63, 3.8) is 0 Å². The fraction of sp³-hybridized carbons (Fsp3) is 0.200. The summed E-state index contributed by atoms with van der Waals surface area (Å²) in [6.07, 6.45) is 0. The molecule has 0 radical (unpaired) electrons. The second kappa shape index (κ2) is 5.36. The summed E-state index contributed by atoms with van der Waals surface area (Å²) in [5.74, 6) is -0.749. The van der Waals surface area contributed by atoms with Crippen LogP contribution in [-0.4, -0.2) is 17.7 Å². The van der Waals surface area contributed by atoms with Crippen molar-refractivity contribution in [2.24, 2.45) is 5.73 Å². The van der Waals surface area contributed by atoms with Gasteiger partial charge in [0.15, 0.2) is 0 Å². The summed E-state index contributed by atoms with van der Waals surface area (Å²) in [6.45, 7) is 0.393. The van der Waals surface area contributed by atoms with E-state index < -0.39 is 5.91 Å². The summed E-state index contributed by atoms with van der Waals surface area (Å²) in [4.78, 5) is 21.6. The monoisotopic (exact) mass is 226 g/mol. The first kappa shape index (κ1) is 11.5. The third-order valence-corrected chi connectivity index (χ3v) is 2.09. The second-order valence-electron chi connectivity index (χ2n) is 2.97. The van der Waals surface area contributed by atoms with Crippen LogP contribution in [0.2, 0.25) is 0 Å². The lowest BCUT2D eigenvalue weighted by atomic mass is 10.1. The molecule has 3 N–H and O–H groups in total. The van der Waals surface area contributed by atoms with E-state index in [4.69, 9.17) is 17.3 Å². The lowest BCUT2D eigenvalue weighted by molar-refractivity contribution is -0.118. The zero-order valence-corrected chi connectivity index (χ0v) is 8.75. The summed E-state index contributed by atoms with van der Waals surface area (Å²) in [7, 11) is 0. The minimum atomic E-state index is -0.466. The van der Waals surface area contributed by atoms with Crippen molar-refractivity contribution in [1.29, 1.82) is 0 Å². The standard InChI is InChI=1S/C10H11ClN2O2/c11-5-9(14)13-6-7-1-3-8(4-2-7)10(12)15/h1-4H,5-6H2,(H2,12,15)(H,13,14). The highest BCUT2D eigenvalue weighted by molar-refractivity contribution is 6.27. The zero-order chi connectivity index (χ0) is 11.3. The number of alkyl halides is 1. The molecule has 0 fully saturated rings. The topological polar surface area (TPSA) is 72.2 Å². The molecule has 5 heteroatoms. The van der Waals surface area contributed by atoms with Crippen LogP contribution in [0.15, 0.2) is 24.3 Å². The lowest BCUT2D eigenvalue weighted by Crippen LogP contribution is -2.23. The fourth-order valence-electron chi connectivity index (χ4n) is 1.03. The highest BCUT2D eigenvalue weighted by Gasteiger charge is 2.01. The SMILES string of the molecule is NC(=O)c1ccc(CNC(=O)CCl)cc1. The van der Waals surface area contributed by atoms with E-state index in [0.717, 1.165) is 5.56 Å². The Hall–Kier alpha value is -1.55. The predicted molar refractivity (Wildman–Crippen MR) is 57.5 cm³/mol. The summed E-state index contributed by atoms with van der Waals surface area (Å²) in [5, 5.41) is 2.61. The van der Waals surface area contributed by atoms with Crippen LogP contribution in [-0.2, 0) is 11.3 Å². The Labute approximate surface area is 92.4 Å². The van der Waals surface area contributed by atoms with E-state index in [-0.39, 0.29) is 11.8 Å². The molecule has 0 atom stereocenters.